The zero-order valence-electron chi connectivity index (χ0n) is 18.2. The minimum atomic E-state index is 0.0768. The van der Waals surface area contributed by atoms with Crippen LogP contribution in [0.25, 0.3) is 22.3 Å². The standard InChI is InChI=1S/C24H25N7O/c1-14-3-6-19-20(9-23-25-11-21-24(29-23)27-13-26-21)18(7-8-22(19)31(14)15(2)32)16-10-28-30(12-16)17-4-5-17/h7-8,10-14,17H,3-6,9H2,1-2H3,(H,25,26,27,29)/t14-/m0/s1. The van der Waals surface area contributed by atoms with Crippen LogP contribution in [0.5, 0.6) is 0 Å². The zero-order valence-corrected chi connectivity index (χ0v) is 18.2. The molecule has 8 nitrogen and oxygen atoms in total. The maximum atomic E-state index is 12.5. The number of hydrogen-bond acceptors (Lipinski definition) is 5. The van der Waals surface area contributed by atoms with E-state index in [1.807, 2.05) is 11.1 Å². The molecule has 32 heavy (non-hydrogen) atoms. The SMILES string of the molecule is CC(=O)N1c2ccc(-c3cnn(C4CC4)c3)c(Cc3ncc4[nH]cnc4n3)c2CC[C@@H]1C. The molecule has 1 amide bonds. The van der Waals surface area contributed by atoms with E-state index in [1.54, 1.807) is 19.4 Å². The fourth-order valence-corrected chi connectivity index (χ4v) is 4.89. The van der Waals surface area contributed by atoms with Gasteiger partial charge in [0.1, 0.15) is 11.3 Å². The van der Waals surface area contributed by atoms with E-state index in [2.05, 4.69) is 55.0 Å². The van der Waals surface area contributed by atoms with Crippen LogP contribution in [0.2, 0.25) is 0 Å². The molecule has 3 aromatic heterocycles. The number of benzene rings is 1. The molecule has 1 fully saturated rings. The van der Waals surface area contributed by atoms with Gasteiger partial charge in [-0.15, -0.1) is 0 Å². The second-order valence-corrected chi connectivity index (χ2v) is 8.91. The van der Waals surface area contributed by atoms with Crippen molar-refractivity contribution < 1.29 is 4.79 Å². The number of fused-ring (bicyclic) bond motifs is 2. The molecule has 1 aliphatic carbocycles. The molecule has 0 unspecified atom stereocenters. The van der Waals surface area contributed by atoms with E-state index in [0.717, 1.165) is 41.0 Å². The molecular formula is C24H25N7O. The van der Waals surface area contributed by atoms with Crippen LogP contribution in [0.3, 0.4) is 0 Å². The van der Waals surface area contributed by atoms with E-state index < -0.39 is 0 Å². The average Bonchev–Trinajstić information content (AvgIpc) is 3.32. The first-order valence-electron chi connectivity index (χ1n) is 11.2. The van der Waals surface area contributed by atoms with Crippen molar-refractivity contribution in [1.29, 1.82) is 0 Å². The topological polar surface area (TPSA) is 92.6 Å². The Labute approximate surface area is 185 Å². The van der Waals surface area contributed by atoms with Crippen LogP contribution in [0.4, 0.5) is 5.69 Å². The Morgan fingerprint density at radius 3 is 2.88 bits per heavy atom. The van der Waals surface area contributed by atoms with Gasteiger partial charge in [-0.2, -0.15) is 5.10 Å². The lowest BCUT2D eigenvalue weighted by molar-refractivity contribution is -0.117. The van der Waals surface area contributed by atoms with Gasteiger partial charge in [0, 0.05) is 36.8 Å². The Balaban J connectivity index is 1.50. The summed E-state index contributed by atoms with van der Waals surface area (Å²) < 4.78 is 2.08. The number of rotatable bonds is 4. The van der Waals surface area contributed by atoms with Crippen molar-refractivity contribution in [3.8, 4) is 11.1 Å². The molecule has 0 radical (unpaired) electrons. The molecule has 2 aliphatic rings. The van der Waals surface area contributed by atoms with Crippen LogP contribution >= 0.6 is 0 Å². The number of nitrogens with one attached hydrogen (secondary N) is 1. The first kappa shape index (κ1) is 19.2. The maximum Gasteiger partial charge on any atom is 0.224 e. The molecular weight excluding hydrogens is 402 g/mol. The summed E-state index contributed by atoms with van der Waals surface area (Å²) in [6, 6.07) is 4.94. The first-order chi connectivity index (χ1) is 15.6. The number of aromatic nitrogens is 6. The van der Waals surface area contributed by atoms with Crippen LogP contribution in [0, 0.1) is 0 Å². The highest BCUT2D eigenvalue weighted by Crippen LogP contribution is 2.40. The van der Waals surface area contributed by atoms with Gasteiger partial charge < -0.3 is 9.88 Å². The molecule has 1 atom stereocenters. The number of H-pyrrole nitrogens is 1. The summed E-state index contributed by atoms with van der Waals surface area (Å²) in [7, 11) is 0. The van der Waals surface area contributed by atoms with Crippen LogP contribution in [0.15, 0.2) is 37.1 Å². The van der Waals surface area contributed by atoms with Gasteiger partial charge in [-0.05, 0) is 55.4 Å². The van der Waals surface area contributed by atoms with Crippen molar-refractivity contribution in [2.24, 2.45) is 0 Å². The van der Waals surface area contributed by atoms with Gasteiger partial charge in [-0.3, -0.25) is 9.48 Å². The Hall–Kier alpha value is -3.55. The van der Waals surface area contributed by atoms with Gasteiger partial charge in [-0.25, -0.2) is 15.0 Å². The molecule has 4 heterocycles. The van der Waals surface area contributed by atoms with Crippen molar-refractivity contribution in [1.82, 2.24) is 29.7 Å². The highest BCUT2D eigenvalue weighted by Gasteiger charge is 2.30. The van der Waals surface area contributed by atoms with E-state index >= 15 is 0 Å². The van der Waals surface area contributed by atoms with E-state index in [1.165, 1.54) is 24.0 Å². The lowest BCUT2D eigenvalue weighted by Crippen LogP contribution is -2.41. The molecule has 0 bridgehead atoms. The Bertz CT molecular complexity index is 1330. The van der Waals surface area contributed by atoms with Crippen molar-refractivity contribution >= 4 is 22.8 Å². The predicted octanol–water partition coefficient (Wildman–Crippen LogP) is 3.83. The van der Waals surface area contributed by atoms with Crippen molar-refractivity contribution in [2.75, 3.05) is 4.90 Å². The molecule has 8 heteroatoms. The highest BCUT2D eigenvalue weighted by molar-refractivity contribution is 5.94. The number of imidazole rings is 1. The first-order valence-corrected chi connectivity index (χ1v) is 11.2. The highest BCUT2D eigenvalue weighted by atomic mass is 16.2. The van der Waals surface area contributed by atoms with Crippen LogP contribution in [-0.2, 0) is 17.6 Å². The zero-order chi connectivity index (χ0) is 21.8. The van der Waals surface area contributed by atoms with Gasteiger partial charge >= 0.3 is 0 Å². The summed E-state index contributed by atoms with van der Waals surface area (Å²) in [6.07, 6.45) is 12.4. The predicted molar refractivity (Wildman–Crippen MR) is 121 cm³/mol. The van der Waals surface area contributed by atoms with Gasteiger partial charge in [0.2, 0.25) is 5.91 Å². The molecule has 1 saturated carbocycles. The minimum Gasteiger partial charge on any atom is -0.342 e. The number of amides is 1. The van der Waals surface area contributed by atoms with E-state index in [4.69, 9.17) is 0 Å². The fraction of sp³-hybridized carbons (Fsp3) is 0.375. The molecule has 1 aliphatic heterocycles. The van der Waals surface area contributed by atoms with Gasteiger partial charge in [-0.1, -0.05) is 6.07 Å². The smallest absolute Gasteiger partial charge is 0.224 e. The quantitative estimate of drug-likeness (QED) is 0.534. The third-order valence-electron chi connectivity index (χ3n) is 6.65. The van der Waals surface area contributed by atoms with Crippen molar-refractivity contribution in [2.45, 2.75) is 58.0 Å². The molecule has 1 aromatic carbocycles. The second-order valence-electron chi connectivity index (χ2n) is 8.91. The summed E-state index contributed by atoms with van der Waals surface area (Å²) in [4.78, 5) is 31.0. The van der Waals surface area contributed by atoms with Gasteiger partial charge in [0.25, 0.3) is 0 Å². The molecule has 4 aromatic rings. The van der Waals surface area contributed by atoms with E-state index in [0.29, 0.717) is 18.1 Å². The number of carbonyl (C=O) groups excluding carboxylic acids is 1. The van der Waals surface area contributed by atoms with E-state index in [9.17, 15) is 4.79 Å². The number of carbonyl (C=O) groups is 1. The van der Waals surface area contributed by atoms with Crippen LogP contribution in [0.1, 0.15) is 56.1 Å². The molecule has 6 rings (SSSR count). The Morgan fingerprint density at radius 1 is 1.19 bits per heavy atom. The second kappa shape index (κ2) is 7.25. The maximum absolute atomic E-state index is 12.5. The molecule has 162 valence electrons. The Kier molecular flexibility index (Phi) is 4.34. The number of anilines is 1. The normalized spacial score (nSPS) is 18.2. The summed E-state index contributed by atoms with van der Waals surface area (Å²) in [5.41, 5.74) is 7.12. The monoisotopic (exact) mass is 427 g/mol. The number of hydrogen-bond donors (Lipinski definition) is 1. The van der Waals surface area contributed by atoms with Crippen LogP contribution in [-0.4, -0.2) is 41.7 Å². The fourth-order valence-electron chi connectivity index (χ4n) is 4.89. The minimum absolute atomic E-state index is 0.0768. The Morgan fingerprint density at radius 2 is 2.06 bits per heavy atom. The van der Waals surface area contributed by atoms with Crippen LogP contribution < -0.4 is 4.90 Å². The van der Waals surface area contributed by atoms with E-state index in [-0.39, 0.29) is 11.9 Å². The summed E-state index contributed by atoms with van der Waals surface area (Å²) in [6.45, 7) is 3.76. The lowest BCUT2D eigenvalue weighted by Gasteiger charge is -2.36. The number of aromatic amines is 1. The number of nitrogens with zero attached hydrogens (tertiary/aromatic N) is 6. The molecule has 0 spiro atoms. The average molecular weight is 428 g/mol. The molecule has 1 N–H and O–H groups in total. The lowest BCUT2D eigenvalue weighted by atomic mass is 9.86. The van der Waals surface area contributed by atoms with Gasteiger partial charge in [0.15, 0.2) is 5.65 Å². The summed E-state index contributed by atoms with van der Waals surface area (Å²) in [5, 5.41) is 4.61. The summed E-state index contributed by atoms with van der Waals surface area (Å²) in [5.74, 6) is 0.801. The van der Waals surface area contributed by atoms with Crippen molar-refractivity contribution in [3.05, 3.63) is 54.0 Å². The van der Waals surface area contributed by atoms with Crippen molar-refractivity contribution in [3.63, 3.8) is 0 Å². The summed E-state index contributed by atoms with van der Waals surface area (Å²) >= 11 is 0. The third kappa shape index (κ3) is 3.18. The third-order valence-corrected chi connectivity index (χ3v) is 6.65. The molecule has 0 saturated heterocycles. The largest absolute Gasteiger partial charge is 0.342 e. The van der Waals surface area contributed by atoms with Gasteiger partial charge in [0.05, 0.1) is 24.8 Å².